The van der Waals surface area contributed by atoms with Gasteiger partial charge in [0.05, 0.1) is 26.4 Å². The van der Waals surface area contributed by atoms with Crippen LogP contribution in [-0.2, 0) is 11.3 Å². The minimum absolute atomic E-state index is 0.0121. The summed E-state index contributed by atoms with van der Waals surface area (Å²) in [5.74, 6) is 1.55. The highest BCUT2D eigenvalue weighted by Crippen LogP contribution is 2.51. The van der Waals surface area contributed by atoms with Gasteiger partial charge in [0.15, 0.2) is 0 Å². The Labute approximate surface area is 190 Å². The minimum atomic E-state index is -0.700. The highest BCUT2D eigenvalue weighted by molar-refractivity contribution is 5.78. The van der Waals surface area contributed by atoms with Gasteiger partial charge >= 0.3 is 0 Å². The standard InChI is InChI=1S/C26H34N2O4/c1-31-20-11-12-23(32-2)21(16-20)25-22-10-6-7-13-26(22,30)14-15-28(25)18-24(29)27-17-19-8-4-3-5-9-19/h3-5,8-9,11-12,16,22,25,30H,6-7,10,13-15,17-18H2,1-2H3,(H,27,29)/t22-,25+,26-/m0/s1. The fourth-order valence-electron chi connectivity index (χ4n) is 5.44. The van der Waals surface area contributed by atoms with Gasteiger partial charge in [-0.05, 0) is 43.0 Å². The third-order valence-electron chi connectivity index (χ3n) is 7.11. The van der Waals surface area contributed by atoms with Crippen molar-refractivity contribution in [2.75, 3.05) is 27.3 Å². The van der Waals surface area contributed by atoms with Gasteiger partial charge in [-0.3, -0.25) is 9.69 Å². The molecule has 1 amide bonds. The number of hydrogen-bond acceptors (Lipinski definition) is 5. The van der Waals surface area contributed by atoms with Gasteiger partial charge in [-0.2, -0.15) is 0 Å². The second kappa shape index (κ2) is 9.92. The van der Waals surface area contributed by atoms with E-state index in [2.05, 4.69) is 10.2 Å². The Bertz CT molecular complexity index is 919. The molecule has 2 fully saturated rings. The van der Waals surface area contributed by atoms with Crippen molar-refractivity contribution < 1.29 is 19.4 Å². The second-order valence-electron chi connectivity index (χ2n) is 8.99. The van der Waals surface area contributed by atoms with E-state index in [1.54, 1.807) is 14.2 Å². The van der Waals surface area contributed by atoms with Crippen LogP contribution < -0.4 is 14.8 Å². The number of fused-ring (bicyclic) bond motifs is 1. The van der Waals surface area contributed by atoms with E-state index in [9.17, 15) is 9.90 Å². The predicted octanol–water partition coefficient (Wildman–Crippen LogP) is 3.69. The van der Waals surface area contributed by atoms with Crippen LogP contribution >= 0.6 is 0 Å². The minimum Gasteiger partial charge on any atom is -0.497 e. The van der Waals surface area contributed by atoms with Crippen LogP contribution in [0, 0.1) is 5.92 Å². The van der Waals surface area contributed by atoms with Gasteiger partial charge in [0.2, 0.25) is 5.91 Å². The number of benzene rings is 2. The van der Waals surface area contributed by atoms with Crippen LogP contribution in [-0.4, -0.2) is 48.8 Å². The summed E-state index contributed by atoms with van der Waals surface area (Å²) in [5.41, 5.74) is 1.36. The lowest BCUT2D eigenvalue weighted by Crippen LogP contribution is -2.56. The highest BCUT2D eigenvalue weighted by Gasteiger charge is 2.49. The van der Waals surface area contributed by atoms with E-state index in [1.165, 1.54) is 0 Å². The number of hydrogen-bond donors (Lipinski definition) is 2. The molecule has 6 nitrogen and oxygen atoms in total. The first kappa shape index (κ1) is 22.6. The summed E-state index contributed by atoms with van der Waals surface area (Å²) in [5, 5.41) is 14.6. The fourth-order valence-corrected chi connectivity index (χ4v) is 5.44. The number of nitrogens with zero attached hydrogens (tertiary/aromatic N) is 1. The first-order chi connectivity index (χ1) is 15.5. The summed E-state index contributed by atoms with van der Waals surface area (Å²) in [6.07, 6.45) is 4.57. The van der Waals surface area contributed by atoms with Gasteiger partial charge < -0.3 is 19.9 Å². The lowest BCUT2D eigenvalue weighted by molar-refractivity contribution is -0.138. The number of methoxy groups -OCH3 is 2. The molecule has 2 aliphatic rings. The largest absolute Gasteiger partial charge is 0.497 e. The van der Waals surface area contributed by atoms with E-state index in [0.29, 0.717) is 19.5 Å². The Balaban J connectivity index is 1.60. The van der Waals surface area contributed by atoms with Gasteiger partial charge in [0.25, 0.3) is 0 Å². The van der Waals surface area contributed by atoms with Crippen molar-refractivity contribution >= 4 is 5.91 Å². The van der Waals surface area contributed by atoms with E-state index in [4.69, 9.17) is 9.47 Å². The van der Waals surface area contributed by atoms with Gasteiger partial charge in [-0.25, -0.2) is 0 Å². The molecule has 2 aromatic rings. The molecule has 1 heterocycles. The smallest absolute Gasteiger partial charge is 0.234 e. The number of ether oxygens (including phenoxy) is 2. The number of aliphatic hydroxyl groups is 1. The van der Waals surface area contributed by atoms with Crippen LogP contribution in [0.1, 0.15) is 49.3 Å². The van der Waals surface area contributed by atoms with Crippen LogP contribution in [0.25, 0.3) is 0 Å². The van der Waals surface area contributed by atoms with E-state index < -0.39 is 5.60 Å². The van der Waals surface area contributed by atoms with Crippen molar-refractivity contribution in [3.05, 3.63) is 59.7 Å². The first-order valence-electron chi connectivity index (χ1n) is 11.5. The summed E-state index contributed by atoms with van der Waals surface area (Å²) in [6, 6.07) is 15.6. The molecule has 2 aromatic carbocycles. The first-order valence-corrected chi connectivity index (χ1v) is 11.5. The molecule has 0 aromatic heterocycles. The average molecular weight is 439 g/mol. The molecule has 172 valence electrons. The summed E-state index contributed by atoms with van der Waals surface area (Å²) in [7, 11) is 3.32. The number of rotatable bonds is 7. The zero-order valence-corrected chi connectivity index (χ0v) is 19.0. The maximum atomic E-state index is 12.9. The van der Waals surface area contributed by atoms with Gasteiger partial charge in [-0.1, -0.05) is 43.2 Å². The van der Waals surface area contributed by atoms with Crippen LogP contribution in [0.5, 0.6) is 11.5 Å². The molecule has 4 rings (SSSR count). The van der Waals surface area contributed by atoms with Crippen molar-refractivity contribution in [3.63, 3.8) is 0 Å². The SMILES string of the molecule is COc1ccc(OC)c([C@@H]2[C@@H]3CCCC[C@]3(O)CCN2CC(=O)NCc2ccccc2)c1. The lowest BCUT2D eigenvalue weighted by Gasteiger charge is -2.52. The molecule has 1 saturated carbocycles. The number of piperidine rings is 1. The Morgan fingerprint density at radius 1 is 1.12 bits per heavy atom. The normalized spacial score (nSPS) is 25.6. The molecule has 6 heteroatoms. The molecule has 0 spiro atoms. The van der Waals surface area contributed by atoms with E-state index in [-0.39, 0.29) is 24.4 Å². The van der Waals surface area contributed by atoms with Crippen LogP contribution in [0.3, 0.4) is 0 Å². The maximum absolute atomic E-state index is 12.9. The Kier molecular flexibility index (Phi) is 7.01. The van der Waals surface area contributed by atoms with Gasteiger partial charge in [0.1, 0.15) is 11.5 Å². The van der Waals surface area contributed by atoms with Gasteiger partial charge in [-0.15, -0.1) is 0 Å². The second-order valence-corrected chi connectivity index (χ2v) is 8.99. The number of nitrogens with one attached hydrogen (secondary N) is 1. The Morgan fingerprint density at radius 3 is 2.69 bits per heavy atom. The molecule has 2 N–H and O–H groups in total. The van der Waals surface area contributed by atoms with E-state index in [0.717, 1.165) is 48.3 Å². The lowest BCUT2D eigenvalue weighted by atomic mass is 9.66. The fraction of sp³-hybridized carbons (Fsp3) is 0.500. The van der Waals surface area contributed by atoms with E-state index in [1.807, 2.05) is 48.5 Å². The number of carbonyl (C=O) groups is 1. The molecule has 32 heavy (non-hydrogen) atoms. The molecule has 0 bridgehead atoms. The maximum Gasteiger partial charge on any atom is 0.234 e. The van der Waals surface area contributed by atoms with Crippen LogP contribution in [0.15, 0.2) is 48.5 Å². The number of likely N-dealkylation sites (tertiary alicyclic amines) is 1. The number of amides is 1. The third-order valence-corrected chi connectivity index (χ3v) is 7.11. The summed E-state index contributed by atoms with van der Waals surface area (Å²) in [6.45, 7) is 1.45. The van der Waals surface area contributed by atoms with Crippen molar-refractivity contribution in [2.24, 2.45) is 5.92 Å². The van der Waals surface area contributed by atoms with E-state index >= 15 is 0 Å². The predicted molar refractivity (Wildman–Crippen MR) is 124 cm³/mol. The monoisotopic (exact) mass is 438 g/mol. The molecular weight excluding hydrogens is 404 g/mol. The number of carbonyl (C=O) groups excluding carboxylic acids is 1. The van der Waals surface area contributed by atoms with Crippen molar-refractivity contribution in [3.8, 4) is 11.5 Å². The summed E-state index contributed by atoms with van der Waals surface area (Å²) in [4.78, 5) is 15.1. The third kappa shape index (κ3) is 4.76. The quantitative estimate of drug-likeness (QED) is 0.690. The Morgan fingerprint density at radius 2 is 1.94 bits per heavy atom. The molecule has 0 unspecified atom stereocenters. The van der Waals surface area contributed by atoms with Gasteiger partial charge in [0, 0.05) is 30.6 Å². The van der Waals surface area contributed by atoms with Crippen LogP contribution in [0.4, 0.5) is 0 Å². The molecular formula is C26H34N2O4. The van der Waals surface area contributed by atoms with Crippen LogP contribution in [0.2, 0.25) is 0 Å². The average Bonchev–Trinajstić information content (AvgIpc) is 2.83. The molecule has 3 atom stereocenters. The zero-order valence-electron chi connectivity index (χ0n) is 19.0. The van der Waals surface area contributed by atoms with Crippen molar-refractivity contribution in [1.29, 1.82) is 0 Å². The highest BCUT2D eigenvalue weighted by atomic mass is 16.5. The zero-order chi connectivity index (χ0) is 22.6. The summed E-state index contributed by atoms with van der Waals surface area (Å²) < 4.78 is 11.2. The topological polar surface area (TPSA) is 71.0 Å². The van der Waals surface area contributed by atoms with Crippen molar-refractivity contribution in [2.45, 2.75) is 50.3 Å². The summed E-state index contributed by atoms with van der Waals surface area (Å²) >= 11 is 0. The molecule has 1 aliphatic heterocycles. The molecule has 1 aliphatic carbocycles. The Hall–Kier alpha value is -2.57. The molecule has 0 radical (unpaired) electrons. The van der Waals surface area contributed by atoms with Crippen molar-refractivity contribution in [1.82, 2.24) is 10.2 Å². The molecule has 1 saturated heterocycles.